The highest BCUT2D eigenvalue weighted by Crippen LogP contribution is 2.24. The smallest absolute Gasteiger partial charge is 0.233 e. The van der Waals surface area contributed by atoms with Gasteiger partial charge in [0.25, 0.3) is 0 Å². The van der Waals surface area contributed by atoms with Gasteiger partial charge in [-0.3, -0.25) is 4.72 Å². The molecular weight excluding hydrogens is 376 g/mol. The van der Waals surface area contributed by atoms with Gasteiger partial charge in [-0.25, -0.2) is 8.42 Å². The van der Waals surface area contributed by atoms with Crippen molar-refractivity contribution >= 4 is 27.3 Å². The minimum atomic E-state index is -3.39. The molecule has 28 heavy (non-hydrogen) atoms. The minimum absolute atomic E-state index is 0.0720. The highest BCUT2D eigenvalue weighted by Gasteiger charge is 2.10. The van der Waals surface area contributed by atoms with E-state index in [9.17, 15) is 8.42 Å². The van der Waals surface area contributed by atoms with E-state index in [0.29, 0.717) is 12.2 Å². The Morgan fingerprint density at radius 2 is 1.50 bits per heavy atom. The summed E-state index contributed by atoms with van der Waals surface area (Å²) in [5.74, 6) is 2.27. The fraction of sp³-hybridized carbons (Fsp3) is 0.200. The second kappa shape index (κ2) is 9.18. The standard InChI is InChI=1S/C20H22N4O3S/c1-2-3-15-28(25,26)24-20-14-13-19(22-23-20)21-16-9-11-18(12-10-16)27-17-7-5-4-6-8-17/h4-14H,2-3,15H2,1H3,(H,21,22)(H,23,24). The number of sulfonamides is 1. The number of nitrogens with zero attached hydrogens (tertiary/aromatic N) is 2. The molecule has 8 heteroatoms. The molecule has 0 unspecified atom stereocenters. The number of nitrogens with one attached hydrogen (secondary N) is 2. The maximum absolute atomic E-state index is 11.9. The van der Waals surface area contributed by atoms with Crippen LogP contribution in [0.3, 0.4) is 0 Å². The van der Waals surface area contributed by atoms with Crippen LogP contribution in [0.1, 0.15) is 19.8 Å². The summed E-state index contributed by atoms with van der Waals surface area (Å²) in [6.45, 7) is 1.94. The van der Waals surface area contributed by atoms with Gasteiger partial charge < -0.3 is 10.1 Å². The van der Waals surface area contributed by atoms with Crippen LogP contribution in [-0.2, 0) is 10.0 Å². The monoisotopic (exact) mass is 398 g/mol. The number of hydrogen-bond donors (Lipinski definition) is 2. The van der Waals surface area contributed by atoms with Crippen molar-refractivity contribution in [3.05, 3.63) is 66.7 Å². The van der Waals surface area contributed by atoms with E-state index in [2.05, 4.69) is 20.2 Å². The van der Waals surface area contributed by atoms with Crippen molar-refractivity contribution < 1.29 is 13.2 Å². The lowest BCUT2D eigenvalue weighted by atomic mass is 10.3. The third-order valence-corrected chi connectivity index (χ3v) is 5.14. The molecule has 3 aromatic rings. The topological polar surface area (TPSA) is 93.2 Å². The molecule has 0 atom stereocenters. The predicted octanol–water partition coefficient (Wildman–Crippen LogP) is 4.55. The van der Waals surface area contributed by atoms with E-state index in [1.807, 2.05) is 61.5 Å². The van der Waals surface area contributed by atoms with E-state index in [4.69, 9.17) is 4.74 Å². The normalized spacial score (nSPS) is 11.0. The Labute approximate surface area is 164 Å². The summed E-state index contributed by atoms with van der Waals surface area (Å²) < 4.78 is 32.0. The van der Waals surface area contributed by atoms with Gasteiger partial charge in [-0.2, -0.15) is 0 Å². The first-order valence-electron chi connectivity index (χ1n) is 8.98. The van der Waals surface area contributed by atoms with Crippen molar-refractivity contribution in [2.45, 2.75) is 19.8 Å². The molecule has 0 fully saturated rings. The molecule has 1 aromatic heterocycles. The lowest BCUT2D eigenvalue weighted by Crippen LogP contribution is -2.17. The van der Waals surface area contributed by atoms with E-state index in [1.165, 1.54) is 0 Å². The van der Waals surface area contributed by atoms with Crippen LogP contribution in [-0.4, -0.2) is 24.4 Å². The Kier molecular flexibility index (Phi) is 6.44. The third-order valence-electron chi connectivity index (χ3n) is 3.80. The van der Waals surface area contributed by atoms with E-state index >= 15 is 0 Å². The highest BCUT2D eigenvalue weighted by molar-refractivity contribution is 7.92. The Hall–Kier alpha value is -3.13. The fourth-order valence-electron chi connectivity index (χ4n) is 2.38. The molecule has 2 aromatic carbocycles. The Bertz CT molecular complexity index is 976. The largest absolute Gasteiger partial charge is 0.457 e. The lowest BCUT2D eigenvalue weighted by Gasteiger charge is -2.09. The van der Waals surface area contributed by atoms with Crippen LogP contribution in [0.25, 0.3) is 0 Å². The molecule has 0 saturated carbocycles. The van der Waals surface area contributed by atoms with Gasteiger partial charge in [0.1, 0.15) is 11.5 Å². The molecule has 1 heterocycles. The summed E-state index contributed by atoms with van der Waals surface area (Å²) in [6.07, 6.45) is 1.41. The van der Waals surface area contributed by atoms with Gasteiger partial charge in [0, 0.05) is 5.69 Å². The molecule has 7 nitrogen and oxygen atoms in total. The van der Waals surface area contributed by atoms with Crippen LogP contribution in [0.2, 0.25) is 0 Å². The maximum Gasteiger partial charge on any atom is 0.233 e. The first kappa shape index (κ1) is 19.6. The first-order valence-corrected chi connectivity index (χ1v) is 10.6. The Morgan fingerprint density at radius 1 is 0.857 bits per heavy atom. The van der Waals surface area contributed by atoms with Gasteiger partial charge in [0.15, 0.2) is 11.6 Å². The fourth-order valence-corrected chi connectivity index (χ4v) is 3.58. The van der Waals surface area contributed by atoms with Crippen molar-refractivity contribution in [1.82, 2.24) is 10.2 Å². The summed E-state index contributed by atoms with van der Waals surface area (Å²) in [5, 5.41) is 11.0. The maximum atomic E-state index is 11.9. The number of anilines is 3. The molecule has 0 saturated heterocycles. The predicted molar refractivity (Wildman–Crippen MR) is 111 cm³/mol. The first-order chi connectivity index (χ1) is 13.5. The van der Waals surface area contributed by atoms with Gasteiger partial charge in [0.2, 0.25) is 10.0 Å². The summed E-state index contributed by atoms with van der Waals surface area (Å²) in [6, 6.07) is 20.2. The zero-order valence-corrected chi connectivity index (χ0v) is 16.3. The molecule has 146 valence electrons. The van der Waals surface area contributed by atoms with E-state index < -0.39 is 10.0 Å². The number of rotatable bonds is 9. The van der Waals surface area contributed by atoms with Crippen LogP contribution >= 0.6 is 0 Å². The van der Waals surface area contributed by atoms with Crippen molar-refractivity contribution in [3.63, 3.8) is 0 Å². The van der Waals surface area contributed by atoms with Gasteiger partial charge in [-0.15, -0.1) is 10.2 Å². The molecule has 0 spiro atoms. The summed E-state index contributed by atoms with van der Waals surface area (Å²) in [7, 11) is -3.39. The van der Waals surface area contributed by atoms with Crippen molar-refractivity contribution in [2.75, 3.05) is 15.8 Å². The molecule has 0 amide bonds. The van der Waals surface area contributed by atoms with E-state index in [-0.39, 0.29) is 11.6 Å². The molecule has 0 bridgehead atoms. The average molecular weight is 398 g/mol. The molecule has 0 aliphatic carbocycles. The number of aromatic nitrogens is 2. The molecule has 3 rings (SSSR count). The van der Waals surface area contributed by atoms with Crippen LogP contribution in [0.4, 0.5) is 17.3 Å². The summed E-state index contributed by atoms with van der Waals surface area (Å²) >= 11 is 0. The molecule has 0 aliphatic heterocycles. The average Bonchev–Trinajstić information content (AvgIpc) is 2.70. The molecule has 0 aliphatic rings. The van der Waals surface area contributed by atoms with E-state index in [0.717, 1.165) is 23.6 Å². The van der Waals surface area contributed by atoms with E-state index in [1.54, 1.807) is 12.1 Å². The van der Waals surface area contributed by atoms with Crippen molar-refractivity contribution in [3.8, 4) is 11.5 Å². The second-order valence-corrected chi connectivity index (χ2v) is 7.98. The number of para-hydroxylation sites is 1. The van der Waals surface area contributed by atoms with Crippen LogP contribution in [0, 0.1) is 0 Å². The van der Waals surface area contributed by atoms with Gasteiger partial charge in [-0.1, -0.05) is 31.5 Å². The zero-order valence-electron chi connectivity index (χ0n) is 15.5. The Balaban J connectivity index is 1.58. The second-order valence-electron chi connectivity index (χ2n) is 6.14. The third kappa shape index (κ3) is 5.95. The molecule has 2 N–H and O–H groups in total. The number of hydrogen-bond acceptors (Lipinski definition) is 6. The quantitative estimate of drug-likeness (QED) is 0.549. The number of unbranched alkanes of at least 4 members (excludes halogenated alkanes) is 1. The SMILES string of the molecule is CCCCS(=O)(=O)Nc1ccc(Nc2ccc(Oc3ccccc3)cc2)nn1. The Morgan fingerprint density at radius 3 is 2.14 bits per heavy atom. The highest BCUT2D eigenvalue weighted by atomic mass is 32.2. The summed E-state index contributed by atoms with van der Waals surface area (Å²) in [4.78, 5) is 0. The van der Waals surface area contributed by atoms with Gasteiger partial charge in [-0.05, 0) is 55.0 Å². The van der Waals surface area contributed by atoms with Gasteiger partial charge >= 0.3 is 0 Å². The summed E-state index contributed by atoms with van der Waals surface area (Å²) in [5.41, 5.74) is 0.811. The lowest BCUT2D eigenvalue weighted by molar-refractivity contribution is 0.483. The number of benzene rings is 2. The number of ether oxygens (including phenoxy) is 1. The van der Waals surface area contributed by atoms with Gasteiger partial charge in [0.05, 0.1) is 5.75 Å². The molecular formula is C20H22N4O3S. The van der Waals surface area contributed by atoms with Crippen molar-refractivity contribution in [1.29, 1.82) is 0 Å². The zero-order chi connectivity index (χ0) is 19.8. The molecule has 0 radical (unpaired) electrons. The van der Waals surface area contributed by atoms with Crippen LogP contribution < -0.4 is 14.8 Å². The van der Waals surface area contributed by atoms with Crippen LogP contribution in [0.15, 0.2) is 66.7 Å². The minimum Gasteiger partial charge on any atom is -0.457 e. The van der Waals surface area contributed by atoms with Crippen molar-refractivity contribution in [2.24, 2.45) is 0 Å². The van der Waals surface area contributed by atoms with Crippen LogP contribution in [0.5, 0.6) is 11.5 Å².